The Morgan fingerprint density at radius 1 is 1.24 bits per heavy atom. The van der Waals surface area contributed by atoms with Crippen LogP contribution in [0.5, 0.6) is 0 Å². The quantitative estimate of drug-likeness (QED) is 0.606. The Hall–Kier alpha value is -2.28. The van der Waals surface area contributed by atoms with Crippen molar-refractivity contribution in [2.24, 2.45) is 5.92 Å². The van der Waals surface area contributed by atoms with Crippen molar-refractivity contribution < 1.29 is 14.3 Å². The minimum absolute atomic E-state index is 0.291. The van der Waals surface area contributed by atoms with E-state index in [2.05, 4.69) is 10.3 Å². The van der Waals surface area contributed by atoms with Gasteiger partial charge in [0.15, 0.2) is 17.0 Å². The lowest BCUT2D eigenvalue weighted by Gasteiger charge is -2.15. The zero-order valence-electron chi connectivity index (χ0n) is 14.9. The molecule has 1 atom stereocenters. The number of ether oxygens (including phenoxy) is 1. The fourth-order valence-electron chi connectivity index (χ4n) is 2.17. The molecule has 1 aromatic heterocycles. The van der Waals surface area contributed by atoms with Crippen LogP contribution in [0, 0.1) is 5.92 Å². The molecule has 1 heterocycles. The Labute approximate surface area is 152 Å². The van der Waals surface area contributed by atoms with Gasteiger partial charge in [0.05, 0.1) is 6.20 Å². The number of aromatic nitrogens is 2. The van der Waals surface area contributed by atoms with E-state index in [9.17, 15) is 9.59 Å². The van der Waals surface area contributed by atoms with Gasteiger partial charge in [-0.1, -0.05) is 43.8 Å². The third-order valence-electron chi connectivity index (χ3n) is 3.47. The average molecular weight is 361 g/mol. The first-order valence-electron chi connectivity index (χ1n) is 8.09. The summed E-state index contributed by atoms with van der Waals surface area (Å²) in [5, 5.41) is 3.43. The highest BCUT2D eigenvalue weighted by molar-refractivity contribution is 7.98. The van der Waals surface area contributed by atoms with Crippen molar-refractivity contribution in [3.05, 3.63) is 42.2 Å². The van der Waals surface area contributed by atoms with Gasteiger partial charge in [-0.05, 0) is 31.2 Å². The van der Waals surface area contributed by atoms with Gasteiger partial charge < -0.3 is 10.1 Å². The molecule has 0 saturated carbocycles. The number of carbonyl (C=O) groups excluding carboxylic acids is 2. The van der Waals surface area contributed by atoms with Gasteiger partial charge in [-0.2, -0.15) is 0 Å². The Balaban J connectivity index is 2.17. The molecule has 1 amide bonds. The molecule has 134 valence electrons. The van der Waals surface area contributed by atoms with Gasteiger partial charge in [-0.25, -0.2) is 9.78 Å². The van der Waals surface area contributed by atoms with Gasteiger partial charge in [0.2, 0.25) is 0 Å². The number of nitrogens with one attached hydrogen (secondary N) is 1. The standard InChI is InChI=1S/C18H23N3O3S/c1-12(2)10-19-16(22)13(3)24-17(23)15-11-20-18(25-4)21(15)14-8-6-5-7-9-14/h5-9,11-13H,10H2,1-4H3,(H,19,22). The van der Waals surface area contributed by atoms with Crippen LogP contribution >= 0.6 is 11.8 Å². The van der Waals surface area contributed by atoms with Gasteiger partial charge in [0.25, 0.3) is 5.91 Å². The molecule has 0 spiro atoms. The number of hydrogen-bond donors (Lipinski definition) is 1. The van der Waals surface area contributed by atoms with Crippen LogP contribution < -0.4 is 5.32 Å². The Morgan fingerprint density at radius 2 is 1.92 bits per heavy atom. The number of nitrogens with zero attached hydrogens (tertiary/aromatic N) is 2. The van der Waals surface area contributed by atoms with E-state index >= 15 is 0 Å². The molecule has 2 rings (SSSR count). The Kier molecular flexibility index (Phi) is 6.64. The van der Waals surface area contributed by atoms with Crippen LogP contribution in [0.4, 0.5) is 0 Å². The van der Waals surface area contributed by atoms with Crippen molar-refractivity contribution in [3.63, 3.8) is 0 Å². The number of rotatable bonds is 7. The van der Waals surface area contributed by atoms with Gasteiger partial charge in [-0.3, -0.25) is 9.36 Å². The number of hydrogen-bond acceptors (Lipinski definition) is 5. The van der Waals surface area contributed by atoms with Crippen molar-refractivity contribution in [1.29, 1.82) is 0 Å². The van der Waals surface area contributed by atoms with E-state index in [1.165, 1.54) is 18.0 Å². The van der Waals surface area contributed by atoms with E-state index in [-0.39, 0.29) is 5.91 Å². The van der Waals surface area contributed by atoms with E-state index in [1.54, 1.807) is 11.5 Å². The predicted molar refractivity (Wildman–Crippen MR) is 98.1 cm³/mol. The van der Waals surface area contributed by atoms with Crippen LogP contribution in [0.25, 0.3) is 5.69 Å². The summed E-state index contributed by atoms with van der Waals surface area (Å²) in [6.07, 6.45) is 2.49. The highest BCUT2D eigenvalue weighted by Gasteiger charge is 2.23. The normalized spacial score (nSPS) is 12.0. The largest absolute Gasteiger partial charge is 0.448 e. The van der Waals surface area contributed by atoms with Crippen LogP contribution in [0.15, 0.2) is 41.7 Å². The van der Waals surface area contributed by atoms with Crippen LogP contribution in [0.2, 0.25) is 0 Å². The van der Waals surface area contributed by atoms with E-state index in [0.717, 1.165) is 5.69 Å². The fourth-order valence-corrected chi connectivity index (χ4v) is 2.72. The summed E-state index contributed by atoms with van der Waals surface area (Å²) in [7, 11) is 0. The summed E-state index contributed by atoms with van der Waals surface area (Å²) < 4.78 is 7.06. The van der Waals surface area contributed by atoms with Crippen LogP contribution in [-0.2, 0) is 9.53 Å². The molecule has 6 nitrogen and oxygen atoms in total. The third-order valence-corrected chi connectivity index (χ3v) is 4.13. The number of esters is 1. The van der Waals surface area contributed by atoms with Gasteiger partial charge in [0.1, 0.15) is 0 Å². The SMILES string of the molecule is CSc1ncc(C(=O)OC(C)C(=O)NCC(C)C)n1-c1ccccc1. The molecule has 1 N–H and O–H groups in total. The van der Waals surface area contributed by atoms with Gasteiger partial charge in [0, 0.05) is 12.2 Å². The third kappa shape index (κ3) is 4.85. The summed E-state index contributed by atoms with van der Waals surface area (Å²) in [6.45, 7) is 6.10. The maximum absolute atomic E-state index is 12.5. The van der Waals surface area contributed by atoms with Crippen LogP contribution in [-0.4, -0.2) is 40.3 Å². The lowest BCUT2D eigenvalue weighted by Crippen LogP contribution is -2.37. The summed E-state index contributed by atoms with van der Waals surface area (Å²) in [4.78, 5) is 28.8. The molecule has 0 aliphatic rings. The molecule has 7 heteroatoms. The molecular weight excluding hydrogens is 338 g/mol. The fraction of sp³-hybridized carbons (Fsp3) is 0.389. The van der Waals surface area contributed by atoms with Gasteiger partial charge in [-0.15, -0.1) is 0 Å². The number of thioether (sulfide) groups is 1. The van der Waals surface area contributed by atoms with E-state index in [1.807, 2.05) is 50.4 Å². The molecule has 0 radical (unpaired) electrons. The minimum Gasteiger partial charge on any atom is -0.448 e. The van der Waals surface area contributed by atoms with E-state index in [4.69, 9.17) is 4.74 Å². The summed E-state index contributed by atoms with van der Waals surface area (Å²) in [6, 6.07) is 9.44. The molecule has 25 heavy (non-hydrogen) atoms. The number of para-hydroxylation sites is 1. The lowest BCUT2D eigenvalue weighted by molar-refractivity contribution is -0.129. The monoisotopic (exact) mass is 361 g/mol. The maximum atomic E-state index is 12.5. The molecule has 1 aromatic carbocycles. The second kappa shape index (κ2) is 8.71. The first kappa shape index (κ1) is 19.1. The first-order valence-corrected chi connectivity index (χ1v) is 9.32. The van der Waals surface area contributed by atoms with Crippen molar-refractivity contribution in [1.82, 2.24) is 14.9 Å². The molecular formula is C18H23N3O3S. The average Bonchev–Trinajstić information content (AvgIpc) is 3.04. The lowest BCUT2D eigenvalue weighted by atomic mass is 10.2. The van der Waals surface area contributed by atoms with E-state index in [0.29, 0.717) is 23.3 Å². The van der Waals surface area contributed by atoms with Crippen molar-refractivity contribution in [2.75, 3.05) is 12.8 Å². The van der Waals surface area contributed by atoms with Gasteiger partial charge >= 0.3 is 5.97 Å². The van der Waals surface area contributed by atoms with Crippen molar-refractivity contribution in [3.8, 4) is 5.69 Å². The maximum Gasteiger partial charge on any atom is 0.357 e. The molecule has 0 bridgehead atoms. The summed E-state index contributed by atoms with van der Waals surface area (Å²) in [5.74, 6) is -0.558. The number of amides is 1. The second-order valence-corrected chi connectivity index (χ2v) is 6.76. The zero-order chi connectivity index (χ0) is 18.4. The van der Waals surface area contributed by atoms with E-state index < -0.39 is 12.1 Å². The highest BCUT2D eigenvalue weighted by atomic mass is 32.2. The van der Waals surface area contributed by atoms with Crippen molar-refractivity contribution in [2.45, 2.75) is 32.0 Å². The summed E-state index contributed by atoms with van der Waals surface area (Å²) in [5.41, 5.74) is 1.10. The Morgan fingerprint density at radius 3 is 2.52 bits per heavy atom. The second-order valence-electron chi connectivity index (χ2n) is 5.99. The minimum atomic E-state index is -0.872. The number of imidazole rings is 1. The number of carbonyl (C=O) groups is 2. The topological polar surface area (TPSA) is 73.2 Å². The Bertz CT molecular complexity index is 728. The molecule has 0 saturated heterocycles. The van der Waals surface area contributed by atoms with Crippen LogP contribution in [0.1, 0.15) is 31.3 Å². The first-order chi connectivity index (χ1) is 11.9. The molecule has 0 fully saturated rings. The molecule has 2 aromatic rings. The van der Waals surface area contributed by atoms with Crippen LogP contribution in [0.3, 0.4) is 0 Å². The molecule has 0 aliphatic carbocycles. The highest BCUT2D eigenvalue weighted by Crippen LogP contribution is 2.22. The molecule has 0 aliphatic heterocycles. The molecule has 1 unspecified atom stereocenters. The zero-order valence-corrected chi connectivity index (χ0v) is 15.7. The number of benzene rings is 1. The smallest absolute Gasteiger partial charge is 0.357 e. The van der Waals surface area contributed by atoms with Crippen molar-refractivity contribution >= 4 is 23.6 Å². The predicted octanol–water partition coefficient (Wildman–Crippen LogP) is 2.91. The summed E-state index contributed by atoms with van der Waals surface area (Å²) >= 11 is 1.43.